The van der Waals surface area contributed by atoms with Crippen molar-refractivity contribution < 1.29 is 31.2 Å². The summed E-state index contributed by atoms with van der Waals surface area (Å²) in [5.41, 5.74) is -1.20. The number of alkyl halides is 3. The van der Waals surface area contributed by atoms with Crippen molar-refractivity contribution in [1.82, 2.24) is 10.2 Å². The summed E-state index contributed by atoms with van der Waals surface area (Å²) in [6.07, 6.45) is -4.03. The second kappa shape index (κ2) is 14.5. The molecule has 0 aliphatic carbocycles. The van der Waals surface area contributed by atoms with Crippen molar-refractivity contribution in [2.45, 2.75) is 63.3 Å². The zero-order chi connectivity index (χ0) is 31.9. The largest absolute Gasteiger partial charge is 0.416 e. The fourth-order valence-electron chi connectivity index (χ4n) is 4.28. The average molecular weight is 659 g/mol. The Hall–Kier alpha value is -3.28. The van der Waals surface area contributed by atoms with Gasteiger partial charge in [0, 0.05) is 17.6 Å². The number of amides is 2. The van der Waals surface area contributed by atoms with Gasteiger partial charge in [-0.2, -0.15) is 13.2 Å². The van der Waals surface area contributed by atoms with Gasteiger partial charge in [0.1, 0.15) is 12.6 Å². The molecule has 0 bridgehead atoms. The number of carbonyl (C=O) groups is 2. The first kappa shape index (κ1) is 34.2. The highest BCUT2D eigenvalue weighted by atomic mass is 35.5. The molecule has 0 saturated carbocycles. The molecule has 0 saturated heterocycles. The third kappa shape index (κ3) is 8.43. The van der Waals surface area contributed by atoms with Crippen LogP contribution in [0.15, 0.2) is 77.7 Å². The molecule has 3 rings (SSSR count). The molecule has 2 atom stereocenters. The van der Waals surface area contributed by atoms with E-state index in [0.29, 0.717) is 27.4 Å². The Labute approximate surface area is 259 Å². The first-order valence-corrected chi connectivity index (χ1v) is 15.7. The first-order chi connectivity index (χ1) is 20.2. The predicted octanol–water partition coefficient (Wildman–Crippen LogP) is 6.93. The molecule has 2 amide bonds. The molecular weight excluding hydrogens is 626 g/mol. The minimum atomic E-state index is -4.82. The summed E-state index contributed by atoms with van der Waals surface area (Å²) >= 11 is 12.7. The molecule has 0 fully saturated rings. The predicted molar refractivity (Wildman–Crippen MR) is 161 cm³/mol. The third-order valence-electron chi connectivity index (χ3n) is 6.84. The van der Waals surface area contributed by atoms with Crippen molar-refractivity contribution in [1.29, 1.82) is 0 Å². The smallest absolute Gasteiger partial charge is 0.352 e. The monoisotopic (exact) mass is 657 g/mol. The van der Waals surface area contributed by atoms with Crippen molar-refractivity contribution in [2.24, 2.45) is 0 Å². The summed E-state index contributed by atoms with van der Waals surface area (Å²) in [7, 11) is -4.62. The summed E-state index contributed by atoms with van der Waals surface area (Å²) in [5, 5.41) is 2.84. The first-order valence-electron chi connectivity index (χ1n) is 13.5. The van der Waals surface area contributed by atoms with Crippen molar-refractivity contribution in [3.05, 3.63) is 94.0 Å². The zero-order valence-corrected chi connectivity index (χ0v) is 26.1. The quantitative estimate of drug-likeness (QED) is 0.229. The van der Waals surface area contributed by atoms with Crippen molar-refractivity contribution in [3.63, 3.8) is 0 Å². The molecule has 0 radical (unpaired) electrons. The number of halogens is 5. The van der Waals surface area contributed by atoms with Crippen molar-refractivity contribution >= 4 is 50.7 Å². The number of rotatable bonds is 12. The van der Waals surface area contributed by atoms with Gasteiger partial charge in [-0.25, -0.2) is 8.42 Å². The molecule has 232 valence electrons. The number of carbonyl (C=O) groups excluding carboxylic acids is 2. The molecule has 0 spiro atoms. The van der Waals surface area contributed by atoms with Crippen LogP contribution in [0, 0.1) is 0 Å². The maximum absolute atomic E-state index is 14.1. The van der Waals surface area contributed by atoms with Gasteiger partial charge in [0.15, 0.2) is 0 Å². The van der Waals surface area contributed by atoms with Crippen LogP contribution < -0.4 is 9.62 Å². The summed E-state index contributed by atoms with van der Waals surface area (Å²) in [6, 6.07) is 14.6. The van der Waals surface area contributed by atoms with Crippen LogP contribution >= 0.6 is 23.2 Å². The Bertz CT molecular complexity index is 1540. The van der Waals surface area contributed by atoms with E-state index in [-0.39, 0.29) is 28.9 Å². The molecule has 0 aliphatic rings. The van der Waals surface area contributed by atoms with Crippen LogP contribution in [0.1, 0.15) is 44.7 Å². The number of nitrogens with one attached hydrogen (secondary N) is 1. The van der Waals surface area contributed by atoms with Gasteiger partial charge in [0.25, 0.3) is 10.0 Å². The van der Waals surface area contributed by atoms with Gasteiger partial charge in [0.2, 0.25) is 11.8 Å². The molecule has 0 heterocycles. The van der Waals surface area contributed by atoms with Gasteiger partial charge in [-0.15, -0.1) is 0 Å². The van der Waals surface area contributed by atoms with Gasteiger partial charge in [-0.1, -0.05) is 73.4 Å². The molecule has 3 aromatic carbocycles. The lowest BCUT2D eigenvalue weighted by Crippen LogP contribution is -2.53. The minimum Gasteiger partial charge on any atom is -0.352 e. The highest BCUT2D eigenvalue weighted by Crippen LogP contribution is 2.37. The maximum Gasteiger partial charge on any atom is 0.416 e. The van der Waals surface area contributed by atoms with Gasteiger partial charge in [-0.05, 0) is 61.7 Å². The topological polar surface area (TPSA) is 86.8 Å². The lowest BCUT2D eigenvalue weighted by molar-refractivity contribution is -0.140. The standard InChI is InChI=1S/C30H32Cl2F3N3O4S/c1-4-20(3)36-29(40)26(5-2)37(18-21-11-9-10-14-24(21)31)28(39)19-38(43(41,42)23-12-7-6-8-13-23)27-17-22(30(33,34)35)15-16-25(27)32/h6-17,20,26H,4-5,18-19H2,1-3H3,(H,36,40)/t20-,26+/m1/s1. The number of hydrogen-bond acceptors (Lipinski definition) is 4. The number of sulfonamides is 1. The van der Waals surface area contributed by atoms with Crippen LogP contribution in [0.5, 0.6) is 0 Å². The Morgan fingerprint density at radius 3 is 2.12 bits per heavy atom. The second-order valence-corrected chi connectivity index (χ2v) is 12.5. The van der Waals surface area contributed by atoms with E-state index in [0.717, 1.165) is 12.1 Å². The molecule has 0 aliphatic heterocycles. The Kier molecular flexibility index (Phi) is 11.5. The van der Waals surface area contributed by atoms with E-state index in [1.54, 1.807) is 44.2 Å². The van der Waals surface area contributed by atoms with E-state index < -0.39 is 51.9 Å². The average Bonchev–Trinajstić information content (AvgIpc) is 2.96. The van der Waals surface area contributed by atoms with Crippen molar-refractivity contribution in [2.75, 3.05) is 10.8 Å². The van der Waals surface area contributed by atoms with E-state index >= 15 is 0 Å². The van der Waals surface area contributed by atoms with Crippen molar-refractivity contribution in [3.8, 4) is 0 Å². The molecule has 1 N–H and O–H groups in total. The van der Waals surface area contributed by atoms with Crippen LogP contribution in [0.3, 0.4) is 0 Å². The van der Waals surface area contributed by atoms with Crippen LogP contribution in [0.4, 0.5) is 18.9 Å². The molecule has 0 aromatic heterocycles. The van der Waals surface area contributed by atoms with E-state index in [4.69, 9.17) is 23.2 Å². The number of benzene rings is 3. The van der Waals surface area contributed by atoms with Crippen LogP contribution in [-0.4, -0.2) is 43.8 Å². The van der Waals surface area contributed by atoms with E-state index in [2.05, 4.69) is 5.32 Å². The molecule has 7 nitrogen and oxygen atoms in total. The molecule has 43 heavy (non-hydrogen) atoms. The fraction of sp³-hybridized carbons (Fsp3) is 0.333. The summed E-state index contributed by atoms with van der Waals surface area (Å²) in [6.45, 7) is 4.25. The summed E-state index contributed by atoms with van der Waals surface area (Å²) in [4.78, 5) is 28.4. The van der Waals surface area contributed by atoms with E-state index in [9.17, 15) is 31.2 Å². The molecule has 13 heteroatoms. The van der Waals surface area contributed by atoms with Gasteiger partial charge in [0.05, 0.1) is 21.2 Å². The minimum absolute atomic E-state index is 0.161. The fourth-order valence-corrected chi connectivity index (χ4v) is 6.20. The number of anilines is 1. The van der Waals surface area contributed by atoms with Gasteiger partial charge in [-0.3, -0.25) is 13.9 Å². The Balaban J connectivity index is 2.16. The zero-order valence-electron chi connectivity index (χ0n) is 23.7. The Morgan fingerprint density at radius 1 is 0.907 bits per heavy atom. The van der Waals surface area contributed by atoms with Gasteiger partial charge >= 0.3 is 6.18 Å². The van der Waals surface area contributed by atoms with E-state index in [1.807, 2.05) is 6.92 Å². The van der Waals surface area contributed by atoms with E-state index in [1.165, 1.54) is 29.2 Å². The molecular formula is C30H32Cl2F3N3O4S. The molecule has 0 unspecified atom stereocenters. The van der Waals surface area contributed by atoms with Crippen LogP contribution in [0.25, 0.3) is 0 Å². The summed E-state index contributed by atoms with van der Waals surface area (Å²) < 4.78 is 69.4. The Morgan fingerprint density at radius 2 is 1.53 bits per heavy atom. The number of nitrogens with zero attached hydrogens (tertiary/aromatic N) is 2. The normalized spacial score (nSPS) is 13.2. The summed E-state index contributed by atoms with van der Waals surface area (Å²) in [5.74, 6) is -1.31. The highest BCUT2D eigenvalue weighted by Gasteiger charge is 2.37. The second-order valence-electron chi connectivity index (χ2n) is 9.84. The SMILES string of the molecule is CC[C@@H](C)NC(=O)[C@H](CC)N(Cc1ccccc1Cl)C(=O)CN(c1cc(C(F)(F)F)ccc1Cl)S(=O)(=O)c1ccccc1. The highest BCUT2D eigenvalue weighted by molar-refractivity contribution is 7.92. The van der Waals surface area contributed by atoms with Crippen LogP contribution in [-0.2, 0) is 32.3 Å². The van der Waals surface area contributed by atoms with Crippen LogP contribution in [0.2, 0.25) is 10.0 Å². The third-order valence-corrected chi connectivity index (χ3v) is 9.30. The lowest BCUT2D eigenvalue weighted by Gasteiger charge is -2.34. The lowest BCUT2D eigenvalue weighted by atomic mass is 10.1. The molecule has 3 aromatic rings. The number of hydrogen-bond donors (Lipinski definition) is 1. The van der Waals surface area contributed by atoms with Gasteiger partial charge < -0.3 is 10.2 Å². The maximum atomic E-state index is 14.1.